The molecule has 6 nitrogen and oxygen atoms in total. The van der Waals surface area contributed by atoms with E-state index >= 15 is 0 Å². The van der Waals surface area contributed by atoms with Crippen molar-refractivity contribution in [3.8, 4) is 16.5 Å². The Morgan fingerprint density at radius 3 is 2.96 bits per heavy atom. The molecule has 2 aromatic heterocycles. The molecule has 1 fully saturated rings. The highest BCUT2D eigenvalue weighted by atomic mass is 32.1. The number of ether oxygens (including phenoxy) is 1. The first-order valence-electron chi connectivity index (χ1n) is 9.36. The molecular weight excluding hydrogens is 374 g/mol. The van der Waals surface area contributed by atoms with Crippen LogP contribution in [0.5, 0.6) is 5.75 Å². The third kappa shape index (κ3) is 3.75. The van der Waals surface area contributed by atoms with Crippen LogP contribution in [0.15, 0.2) is 47.1 Å². The summed E-state index contributed by atoms with van der Waals surface area (Å²) in [4.78, 5) is 20.5. The van der Waals surface area contributed by atoms with E-state index in [2.05, 4.69) is 21.3 Å². The summed E-state index contributed by atoms with van der Waals surface area (Å²) in [6.45, 7) is 3.62. The molecule has 0 saturated carbocycles. The van der Waals surface area contributed by atoms with Crippen LogP contribution in [0.2, 0.25) is 0 Å². The number of anilines is 1. The molecule has 4 rings (SSSR count). The third-order valence-electron chi connectivity index (χ3n) is 4.93. The summed E-state index contributed by atoms with van der Waals surface area (Å²) >= 11 is 1.47. The highest BCUT2D eigenvalue weighted by molar-refractivity contribution is 7.15. The zero-order valence-corrected chi connectivity index (χ0v) is 16.8. The van der Waals surface area contributed by atoms with Crippen LogP contribution in [0.1, 0.15) is 28.2 Å². The van der Waals surface area contributed by atoms with Gasteiger partial charge in [-0.3, -0.25) is 4.79 Å². The first kappa shape index (κ1) is 18.6. The van der Waals surface area contributed by atoms with Crippen molar-refractivity contribution >= 4 is 22.9 Å². The van der Waals surface area contributed by atoms with Crippen LogP contribution in [0.25, 0.3) is 10.8 Å². The number of hydrogen-bond donors (Lipinski definition) is 1. The molecule has 7 heteroatoms. The van der Waals surface area contributed by atoms with Gasteiger partial charge in [-0.15, -0.1) is 11.3 Å². The van der Waals surface area contributed by atoms with Crippen LogP contribution in [0.3, 0.4) is 0 Å². The number of amides is 1. The summed E-state index contributed by atoms with van der Waals surface area (Å²) in [5, 5.41) is 3.89. The van der Waals surface area contributed by atoms with Gasteiger partial charge in [0.25, 0.3) is 5.91 Å². The van der Waals surface area contributed by atoms with E-state index in [9.17, 15) is 4.79 Å². The van der Waals surface area contributed by atoms with Gasteiger partial charge in [0.15, 0.2) is 10.8 Å². The molecule has 0 aliphatic carbocycles. The van der Waals surface area contributed by atoms with Crippen LogP contribution in [-0.4, -0.2) is 37.1 Å². The second kappa shape index (κ2) is 8.06. The lowest BCUT2D eigenvalue weighted by atomic mass is 10.0. The number of para-hydroxylation sites is 2. The van der Waals surface area contributed by atoms with E-state index in [0.29, 0.717) is 11.5 Å². The molecule has 0 spiro atoms. The van der Waals surface area contributed by atoms with Gasteiger partial charge in [-0.25, -0.2) is 4.98 Å². The van der Waals surface area contributed by atoms with E-state index in [1.54, 1.807) is 13.4 Å². The minimum absolute atomic E-state index is 0.0688. The van der Waals surface area contributed by atoms with Gasteiger partial charge in [0.2, 0.25) is 0 Å². The lowest BCUT2D eigenvalue weighted by molar-refractivity contribution is 0.0928. The largest absolute Gasteiger partial charge is 0.495 e. The van der Waals surface area contributed by atoms with Gasteiger partial charge in [-0.1, -0.05) is 12.1 Å². The number of furan rings is 1. The van der Waals surface area contributed by atoms with Crippen LogP contribution in [-0.2, 0) is 0 Å². The number of rotatable bonds is 5. The average Bonchev–Trinajstić information content (AvgIpc) is 3.38. The normalized spacial score (nSPS) is 16.8. The summed E-state index contributed by atoms with van der Waals surface area (Å²) < 4.78 is 10.9. The van der Waals surface area contributed by atoms with Gasteiger partial charge in [0, 0.05) is 24.0 Å². The number of benzene rings is 1. The molecule has 3 heterocycles. The molecule has 1 saturated heterocycles. The summed E-state index contributed by atoms with van der Waals surface area (Å²) in [7, 11) is 1.68. The van der Waals surface area contributed by atoms with Gasteiger partial charge < -0.3 is 19.4 Å². The topological polar surface area (TPSA) is 67.6 Å². The van der Waals surface area contributed by atoms with Crippen molar-refractivity contribution in [3.05, 3.63) is 53.2 Å². The number of piperidine rings is 1. The Kier molecular flexibility index (Phi) is 5.34. The molecule has 1 aromatic carbocycles. The minimum Gasteiger partial charge on any atom is -0.495 e. The van der Waals surface area contributed by atoms with Crippen LogP contribution >= 0.6 is 11.3 Å². The van der Waals surface area contributed by atoms with Gasteiger partial charge in [-0.2, -0.15) is 0 Å². The summed E-state index contributed by atoms with van der Waals surface area (Å²) in [6, 6.07) is 11.7. The fourth-order valence-corrected chi connectivity index (χ4v) is 4.45. The van der Waals surface area contributed by atoms with Crippen LogP contribution < -0.4 is 15.0 Å². The highest BCUT2D eigenvalue weighted by Gasteiger charge is 2.25. The van der Waals surface area contributed by atoms with Crippen molar-refractivity contribution in [2.24, 2.45) is 0 Å². The number of aromatic nitrogens is 1. The van der Waals surface area contributed by atoms with E-state index in [1.807, 2.05) is 37.3 Å². The first-order chi connectivity index (χ1) is 13.7. The molecule has 0 bridgehead atoms. The Bertz CT molecular complexity index is 952. The Hall–Kier alpha value is -2.80. The summed E-state index contributed by atoms with van der Waals surface area (Å²) in [5.74, 6) is 1.42. The Labute approximate surface area is 168 Å². The summed E-state index contributed by atoms with van der Waals surface area (Å²) in [5.41, 5.74) is 1.54. The molecule has 146 valence electrons. The van der Waals surface area contributed by atoms with E-state index in [1.165, 1.54) is 11.3 Å². The fraction of sp³-hybridized carbons (Fsp3) is 0.333. The highest BCUT2D eigenvalue weighted by Crippen LogP contribution is 2.31. The van der Waals surface area contributed by atoms with Crippen molar-refractivity contribution in [2.45, 2.75) is 25.8 Å². The maximum absolute atomic E-state index is 12.8. The SMILES string of the molecule is COc1ccccc1N1CCCC(NC(=O)c2nc(-c3ccco3)sc2C)C1. The number of aryl methyl sites for hydroxylation is 1. The second-order valence-electron chi connectivity index (χ2n) is 6.83. The number of nitrogens with zero attached hydrogens (tertiary/aromatic N) is 2. The van der Waals surface area contributed by atoms with E-state index in [0.717, 1.165) is 47.3 Å². The number of nitrogens with one attached hydrogen (secondary N) is 1. The first-order valence-corrected chi connectivity index (χ1v) is 10.2. The molecule has 1 N–H and O–H groups in total. The fourth-order valence-electron chi connectivity index (χ4n) is 3.57. The summed E-state index contributed by atoms with van der Waals surface area (Å²) in [6.07, 6.45) is 3.57. The lowest BCUT2D eigenvalue weighted by Crippen LogP contribution is -2.48. The predicted molar refractivity (Wildman–Crippen MR) is 110 cm³/mol. The third-order valence-corrected chi connectivity index (χ3v) is 5.91. The monoisotopic (exact) mass is 397 g/mol. The van der Waals surface area contributed by atoms with Gasteiger partial charge in [0.05, 0.1) is 19.1 Å². The van der Waals surface area contributed by atoms with Gasteiger partial charge >= 0.3 is 0 Å². The smallest absolute Gasteiger partial charge is 0.271 e. The van der Waals surface area contributed by atoms with Crippen molar-refractivity contribution in [2.75, 3.05) is 25.1 Å². The number of carbonyl (C=O) groups is 1. The molecule has 1 amide bonds. The molecular formula is C21H23N3O3S. The van der Waals surface area contributed by atoms with Gasteiger partial charge in [-0.05, 0) is 44.0 Å². The molecule has 28 heavy (non-hydrogen) atoms. The van der Waals surface area contributed by atoms with Crippen molar-refractivity contribution in [1.29, 1.82) is 0 Å². The van der Waals surface area contributed by atoms with Crippen molar-refractivity contribution in [3.63, 3.8) is 0 Å². The average molecular weight is 398 g/mol. The Morgan fingerprint density at radius 1 is 1.32 bits per heavy atom. The minimum atomic E-state index is -0.126. The predicted octanol–water partition coefficient (Wildman–Crippen LogP) is 4.12. The van der Waals surface area contributed by atoms with Crippen molar-refractivity contribution < 1.29 is 13.9 Å². The van der Waals surface area contributed by atoms with E-state index < -0.39 is 0 Å². The van der Waals surface area contributed by atoms with Crippen LogP contribution in [0.4, 0.5) is 5.69 Å². The molecule has 1 aliphatic heterocycles. The Balaban J connectivity index is 1.46. The van der Waals surface area contributed by atoms with Gasteiger partial charge in [0.1, 0.15) is 11.4 Å². The van der Waals surface area contributed by atoms with Crippen molar-refractivity contribution in [1.82, 2.24) is 10.3 Å². The number of carbonyl (C=O) groups excluding carboxylic acids is 1. The molecule has 1 aliphatic rings. The zero-order chi connectivity index (χ0) is 19.5. The molecule has 0 radical (unpaired) electrons. The van der Waals surface area contributed by atoms with E-state index in [-0.39, 0.29) is 11.9 Å². The molecule has 3 aromatic rings. The number of hydrogen-bond acceptors (Lipinski definition) is 6. The standard InChI is InChI=1S/C21H23N3O3S/c1-14-19(23-21(28-14)18-10-6-12-27-18)20(25)22-15-7-5-11-24(13-15)16-8-3-4-9-17(16)26-2/h3-4,6,8-10,12,15H,5,7,11,13H2,1-2H3,(H,22,25). The number of thiazole rings is 1. The lowest BCUT2D eigenvalue weighted by Gasteiger charge is -2.35. The number of methoxy groups -OCH3 is 1. The molecule has 1 atom stereocenters. The molecule has 1 unspecified atom stereocenters. The van der Waals surface area contributed by atoms with E-state index in [4.69, 9.17) is 9.15 Å². The maximum Gasteiger partial charge on any atom is 0.271 e. The quantitative estimate of drug-likeness (QED) is 0.701. The maximum atomic E-state index is 12.8. The van der Waals surface area contributed by atoms with Crippen LogP contribution in [0, 0.1) is 6.92 Å². The Morgan fingerprint density at radius 2 is 2.18 bits per heavy atom. The second-order valence-corrected chi connectivity index (χ2v) is 8.03. The zero-order valence-electron chi connectivity index (χ0n) is 16.0.